The van der Waals surface area contributed by atoms with Crippen LogP contribution in [0.5, 0.6) is 5.75 Å². The van der Waals surface area contributed by atoms with Crippen molar-refractivity contribution in [2.75, 3.05) is 26.4 Å². The van der Waals surface area contributed by atoms with Gasteiger partial charge in [0.05, 0.1) is 42.0 Å². The fourth-order valence-corrected chi connectivity index (χ4v) is 4.61. The first-order chi connectivity index (χ1) is 14.6. The normalized spacial score (nSPS) is 25.7. The van der Waals surface area contributed by atoms with Crippen molar-refractivity contribution < 1.29 is 18.9 Å². The van der Waals surface area contributed by atoms with Crippen LogP contribution in [-0.4, -0.2) is 47.4 Å². The summed E-state index contributed by atoms with van der Waals surface area (Å²) < 4.78 is 23.7. The van der Waals surface area contributed by atoms with Crippen molar-refractivity contribution in [1.29, 1.82) is 0 Å². The number of benzene rings is 1. The number of pyridine rings is 1. The highest BCUT2D eigenvalue weighted by molar-refractivity contribution is 7.98. The van der Waals surface area contributed by atoms with Crippen LogP contribution in [0.1, 0.15) is 24.6 Å². The molecule has 7 nitrogen and oxygen atoms in total. The van der Waals surface area contributed by atoms with Gasteiger partial charge in [0.15, 0.2) is 5.16 Å². The molecule has 0 atom stereocenters. The number of aromatic amines is 1. The van der Waals surface area contributed by atoms with Crippen LogP contribution in [0.15, 0.2) is 41.7 Å². The van der Waals surface area contributed by atoms with E-state index in [1.807, 2.05) is 44.2 Å². The Balaban J connectivity index is 1.23. The smallest absolute Gasteiger partial charge is 0.282 e. The van der Waals surface area contributed by atoms with Gasteiger partial charge in [0.2, 0.25) is 0 Å². The Morgan fingerprint density at radius 1 is 1.13 bits per heavy atom. The molecule has 1 N–H and O–H groups in total. The molecule has 158 valence electrons. The Kier molecular flexibility index (Phi) is 5.18. The first-order valence-corrected chi connectivity index (χ1v) is 11.2. The van der Waals surface area contributed by atoms with E-state index in [-0.39, 0.29) is 5.41 Å². The molecule has 0 unspecified atom stereocenters. The first-order valence-electron chi connectivity index (χ1n) is 10.2. The van der Waals surface area contributed by atoms with Crippen LogP contribution in [0, 0.1) is 12.3 Å². The van der Waals surface area contributed by atoms with E-state index < -0.39 is 5.97 Å². The largest absolute Gasteiger partial charge is 0.492 e. The fourth-order valence-electron chi connectivity index (χ4n) is 3.70. The number of fused-ring (bicyclic) bond motifs is 4. The topological polar surface area (TPSA) is 78.5 Å². The number of ether oxygens (including phenoxy) is 4. The monoisotopic (exact) mass is 427 g/mol. The highest BCUT2D eigenvalue weighted by Crippen LogP contribution is 2.40. The lowest BCUT2D eigenvalue weighted by atomic mass is 9.89. The van der Waals surface area contributed by atoms with Crippen molar-refractivity contribution >= 4 is 22.8 Å². The van der Waals surface area contributed by atoms with Gasteiger partial charge in [-0.25, -0.2) is 4.98 Å². The van der Waals surface area contributed by atoms with Gasteiger partial charge in [0.1, 0.15) is 12.4 Å². The third-order valence-electron chi connectivity index (χ3n) is 5.73. The molecule has 0 aliphatic carbocycles. The van der Waals surface area contributed by atoms with E-state index in [0.717, 1.165) is 33.2 Å². The number of thioether (sulfide) groups is 1. The Hall–Kier alpha value is -2.13. The highest BCUT2D eigenvalue weighted by Gasteiger charge is 2.52. The minimum atomic E-state index is -0.852. The van der Waals surface area contributed by atoms with E-state index in [9.17, 15) is 0 Å². The Bertz CT molecular complexity index is 996. The fraction of sp³-hybridized carbons (Fsp3) is 0.455. The number of imidazole rings is 1. The predicted octanol–water partition coefficient (Wildman–Crippen LogP) is 4.06. The number of nitrogens with zero attached hydrogens (tertiary/aromatic N) is 2. The van der Waals surface area contributed by atoms with Crippen molar-refractivity contribution in [3.05, 3.63) is 47.8 Å². The molecule has 0 saturated carbocycles. The number of para-hydroxylation sites is 2. The summed E-state index contributed by atoms with van der Waals surface area (Å²) in [4.78, 5) is 12.5. The number of hydrogen-bond donors (Lipinski definition) is 1. The molecule has 0 amide bonds. The Labute approximate surface area is 179 Å². The molecule has 0 spiro atoms. The summed E-state index contributed by atoms with van der Waals surface area (Å²) in [6.07, 6.45) is 2.47. The lowest BCUT2D eigenvalue weighted by Crippen LogP contribution is -2.61. The van der Waals surface area contributed by atoms with Crippen molar-refractivity contribution in [3.8, 4) is 5.75 Å². The van der Waals surface area contributed by atoms with Gasteiger partial charge in [0, 0.05) is 23.9 Å². The van der Waals surface area contributed by atoms with Crippen LogP contribution in [0.2, 0.25) is 0 Å². The molecule has 3 saturated heterocycles. The van der Waals surface area contributed by atoms with E-state index in [0.29, 0.717) is 38.6 Å². The zero-order valence-electron chi connectivity index (χ0n) is 17.1. The zero-order chi connectivity index (χ0) is 20.6. The number of aromatic nitrogens is 3. The van der Waals surface area contributed by atoms with Gasteiger partial charge in [-0.3, -0.25) is 4.98 Å². The van der Waals surface area contributed by atoms with Gasteiger partial charge in [0.25, 0.3) is 5.97 Å². The molecule has 1 aromatic carbocycles. The number of hydrogen-bond acceptors (Lipinski definition) is 7. The zero-order valence-corrected chi connectivity index (χ0v) is 18.0. The predicted molar refractivity (Wildman–Crippen MR) is 113 cm³/mol. The molecule has 3 aromatic rings. The molecular formula is C22H25N3O4S. The van der Waals surface area contributed by atoms with Gasteiger partial charge >= 0.3 is 0 Å². The molecule has 8 heteroatoms. The lowest BCUT2D eigenvalue weighted by Gasteiger charge is -2.51. The molecule has 6 rings (SSSR count). The molecule has 3 fully saturated rings. The average molecular weight is 428 g/mol. The van der Waals surface area contributed by atoms with Crippen molar-refractivity contribution in [1.82, 2.24) is 15.0 Å². The van der Waals surface area contributed by atoms with Gasteiger partial charge in [-0.2, -0.15) is 0 Å². The summed E-state index contributed by atoms with van der Waals surface area (Å²) in [5.74, 6) is 0.690. The minimum Gasteiger partial charge on any atom is -0.492 e. The molecule has 5 heterocycles. The van der Waals surface area contributed by atoms with E-state index in [4.69, 9.17) is 18.9 Å². The third-order valence-corrected chi connectivity index (χ3v) is 6.62. The maximum Gasteiger partial charge on any atom is 0.282 e. The standard InChI is InChI=1S/C22H25N3O4S/c1-3-22-27-12-21(13-28-22,14-29-22)11-26-19-8-9-23-18(15(19)2)10-30-20-24-16-6-4-5-7-17(16)25-20/h4-9H,3,10-14H2,1-2H3,(H,24,25). The second kappa shape index (κ2) is 7.85. The summed E-state index contributed by atoms with van der Waals surface area (Å²) in [6, 6.07) is 9.94. The molecular weight excluding hydrogens is 402 g/mol. The summed E-state index contributed by atoms with van der Waals surface area (Å²) in [7, 11) is 0. The SMILES string of the molecule is CCC12OCC(COc3ccnc(CSc4nc5ccccc5[nH]4)c3C)(CO1)CO2. The Morgan fingerprint density at radius 3 is 2.63 bits per heavy atom. The van der Waals surface area contributed by atoms with E-state index >= 15 is 0 Å². The van der Waals surface area contributed by atoms with Crippen LogP contribution in [0.25, 0.3) is 11.0 Å². The average Bonchev–Trinajstić information content (AvgIpc) is 3.22. The molecule has 2 aromatic heterocycles. The van der Waals surface area contributed by atoms with Crippen molar-refractivity contribution in [3.63, 3.8) is 0 Å². The number of rotatable bonds is 7. The van der Waals surface area contributed by atoms with E-state index in [1.165, 1.54) is 0 Å². The van der Waals surface area contributed by atoms with Crippen molar-refractivity contribution in [2.24, 2.45) is 5.41 Å². The van der Waals surface area contributed by atoms with E-state index in [2.05, 4.69) is 15.0 Å². The number of nitrogens with one attached hydrogen (secondary N) is 1. The van der Waals surface area contributed by atoms with Crippen LogP contribution in [0.4, 0.5) is 0 Å². The second-order valence-corrected chi connectivity index (χ2v) is 8.88. The van der Waals surface area contributed by atoms with Gasteiger partial charge in [-0.1, -0.05) is 30.8 Å². The lowest BCUT2D eigenvalue weighted by molar-refractivity contribution is -0.470. The van der Waals surface area contributed by atoms with Crippen LogP contribution >= 0.6 is 11.8 Å². The van der Waals surface area contributed by atoms with Gasteiger partial charge in [-0.15, -0.1) is 0 Å². The maximum absolute atomic E-state index is 6.19. The van der Waals surface area contributed by atoms with Crippen LogP contribution in [0.3, 0.4) is 0 Å². The maximum atomic E-state index is 6.19. The van der Waals surface area contributed by atoms with Crippen LogP contribution < -0.4 is 4.74 Å². The summed E-state index contributed by atoms with van der Waals surface area (Å²) >= 11 is 1.64. The molecule has 30 heavy (non-hydrogen) atoms. The van der Waals surface area contributed by atoms with Crippen LogP contribution in [-0.2, 0) is 20.0 Å². The molecule has 3 aliphatic rings. The van der Waals surface area contributed by atoms with Crippen molar-refractivity contribution in [2.45, 2.75) is 37.2 Å². The molecule has 2 bridgehead atoms. The first kappa shape index (κ1) is 19.8. The van der Waals surface area contributed by atoms with Gasteiger partial charge < -0.3 is 23.9 Å². The summed E-state index contributed by atoms with van der Waals surface area (Å²) in [5.41, 5.74) is 3.77. The molecule has 3 aliphatic heterocycles. The minimum absolute atomic E-state index is 0.268. The summed E-state index contributed by atoms with van der Waals surface area (Å²) in [6.45, 7) is 6.27. The van der Waals surface area contributed by atoms with Gasteiger partial charge in [-0.05, 0) is 25.1 Å². The molecule has 0 radical (unpaired) electrons. The van der Waals surface area contributed by atoms with E-state index in [1.54, 1.807) is 18.0 Å². The summed E-state index contributed by atoms with van der Waals surface area (Å²) in [5, 5.41) is 0.887. The Morgan fingerprint density at radius 2 is 1.90 bits per heavy atom. The quantitative estimate of drug-likeness (QED) is 0.570. The number of H-pyrrole nitrogens is 1. The second-order valence-electron chi connectivity index (χ2n) is 7.92. The highest BCUT2D eigenvalue weighted by atomic mass is 32.2. The third kappa shape index (κ3) is 3.69.